The number of carboxylic acid groups (broad SMARTS) is 2. The first-order valence-corrected chi connectivity index (χ1v) is 11.7. The van der Waals surface area contributed by atoms with E-state index in [9.17, 15) is 14.7 Å². The first kappa shape index (κ1) is 30.9. The minimum absolute atomic E-state index is 0. The van der Waals surface area contributed by atoms with Gasteiger partial charge in [0.2, 0.25) is 0 Å². The Morgan fingerprint density at radius 2 is 1.17 bits per heavy atom. The van der Waals surface area contributed by atoms with E-state index in [0.29, 0.717) is 6.42 Å². The normalized spacial score (nSPS) is 12.0. The fourth-order valence-electron chi connectivity index (χ4n) is 3.49. The monoisotopic (exact) mass is 418 g/mol. The van der Waals surface area contributed by atoms with E-state index in [1.807, 2.05) is 0 Å². The van der Waals surface area contributed by atoms with Crippen LogP contribution in [0.2, 0.25) is 0 Å². The second-order valence-electron chi connectivity index (χ2n) is 8.04. The number of hydrogen-bond donors (Lipinski definition) is 1. The van der Waals surface area contributed by atoms with Crippen LogP contribution in [0.25, 0.3) is 0 Å². The third kappa shape index (κ3) is 23.8. The summed E-state index contributed by atoms with van der Waals surface area (Å²) < 4.78 is 0. The molecule has 29 heavy (non-hydrogen) atoms. The zero-order chi connectivity index (χ0) is 20.9. The van der Waals surface area contributed by atoms with Crippen molar-refractivity contribution >= 4 is 11.9 Å². The van der Waals surface area contributed by atoms with Crippen LogP contribution in [0.3, 0.4) is 0 Å². The van der Waals surface area contributed by atoms with Gasteiger partial charge in [-0.3, -0.25) is 4.79 Å². The molecule has 0 fully saturated rings. The summed E-state index contributed by atoms with van der Waals surface area (Å²) in [5.41, 5.74) is 0. The summed E-state index contributed by atoms with van der Waals surface area (Å²) in [6.45, 7) is 2.23. The molecule has 0 amide bonds. The molecule has 0 spiro atoms. The van der Waals surface area contributed by atoms with Gasteiger partial charge in [0.25, 0.3) is 0 Å². The van der Waals surface area contributed by atoms with Gasteiger partial charge in [0.15, 0.2) is 0 Å². The average Bonchev–Trinajstić information content (AvgIpc) is 2.65. The quantitative estimate of drug-likeness (QED) is 0.177. The van der Waals surface area contributed by atoms with Crippen molar-refractivity contribution in [1.29, 1.82) is 0 Å². The van der Waals surface area contributed by atoms with Crippen molar-refractivity contribution in [3.63, 3.8) is 0 Å². The molecule has 164 valence electrons. The van der Waals surface area contributed by atoms with Gasteiger partial charge in [-0.2, -0.15) is 0 Å². The Hall–Kier alpha value is -0.320. The molecule has 0 radical (unpaired) electrons. The number of carbonyl (C=O) groups excluding carboxylic acids is 1. The minimum Gasteiger partial charge on any atom is -0.550 e. The van der Waals surface area contributed by atoms with Gasteiger partial charge in [0.05, 0.1) is 5.92 Å². The molecule has 0 rings (SSSR count). The first-order valence-electron chi connectivity index (χ1n) is 11.7. The first-order chi connectivity index (χ1) is 13.6. The Morgan fingerprint density at radius 3 is 1.59 bits per heavy atom. The zero-order valence-electron chi connectivity index (χ0n) is 19.1. The molecule has 1 atom stereocenters. The molecule has 0 heterocycles. The Bertz CT molecular complexity index is 410. The fraction of sp³-hybridized carbons (Fsp3) is 0.833. The Morgan fingerprint density at radius 1 is 0.759 bits per heavy atom. The van der Waals surface area contributed by atoms with Crippen LogP contribution in [0.15, 0.2) is 12.2 Å². The summed E-state index contributed by atoms with van der Waals surface area (Å²) in [5, 5.41) is 19.5. The largest absolute Gasteiger partial charge is 1.00 e. The van der Waals surface area contributed by atoms with Crippen LogP contribution in [-0.2, 0) is 9.59 Å². The van der Waals surface area contributed by atoms with Crippen molar-refractivity contribution in [3.05, 3.63) is 12.2 Å². The summed E-state index contributed by atoms with van der Waals surface area (Å²) in [6, 6.07) is 0. The fourth-order valence-corrected chi connectivity index (χ4v) is 3.49. The summed E-state index contributed by atoms with van der Waals surface area (Å²) in [6.07, 6.45) is 24.5. The van der Waals surface area contributed by atoms with Crippen LogP contribution in [0.5, 0.6) is 0 Å². The Labute approximate surface area is 201 Å². The van der Waals surface area contributed by atoms with Gasteiger partial charge < -0.3 is 15.0 Å². The Kier molecular flexibility index (Phi) is 25.5. The molecule has 0 saturated heterocycles. The van der Waals surface area contributed by atoms with E-state index in [4.69, 9.17) is 5.11 Å². The second-order valence-corrected chi connectivity index (χ2v) is 8.04. The SMILES string of the molecule is CCCC/C=C/CCCCCCCCCCCCCCC(CC(=O)[O-])C(=O)O.[Na+]. The molecular weight excluding hydrogens is 375 g/mol. The van der Waals surface area contributed by atoms with Crippen molar-refractivity contribution in [2.75, 3.05) is 0 Å². The van der Waals surface area contributed by atoms with Gasteiger partial charge in [-0.05, 0) is 25.7 Å². The molecule has 0 aromatic carbocycles. The number of carboxylic acids is 2. The van der Waals surface area contributed by atoms with Gasteiger partial charge in [0.1, 0.15) is 0 Å². The van der Waals surface area contributed by atoms with E-state index < -0.39 is 17.9 Å². The van der Waals surface area contributed by atoms with Crippen LogP contribution in [0, 0.1) is 5.92 Å². The van der Waals surface area contributed by atoms with E-state index in [1.54, 1.807) is 0 Å². The molecule has 0 aromatic heterocycles. The number of carbonyl (C=O) groups is 2. The standard InChI is InChI=1S/C24H44O4.Na/c1-2-3-4-5-6-7-8-9-10-11-12-13-14-15-16-17-18-19-20-22(24(27)28)21-23(25)26;/h5-6,22H,2-4,7-21H2,1H3,(H,25,26)(H,27,28);/q;+1/p-1/b6-5+;. The summed E-state index contributed by atoms with van der Waals surface area (Å²) in [4.78, 5) is 21.5. The maximum atomic E-state index is 11.0. The van der Waals surface area contributed by atoms with Crippen LogP contribution in [0.4, 0.5) is 0 Å². The third-order valence-electron chi connectivity index (χ3n) is 5.33. The number of unbranched alkanes of at least 4 members (excludes halogenated alkanes) is 14. The molecule has 0 aliphatic heterocycles. The predicted octanol–water partition coefficient (Wildman–Crippen LogP) is 3.04. The van der Waals surface area contributed by atoms with Gasteiger partial charge in [-0.1, -0.05) is 103 Å². The second kappa shape index (κ2) is 24.0. The van der Waals surface area contributed by atoms with E-state index >= 15 is 0 Å². The van der Waals surface area contributed by atoms with Crippen LogP contribution < -0.4 is 34.7 Å². The van der Waals surface area contributed by atoms with E-state index in [2.05, 4.69) is 19.1 Å². The van der Waals surface area contributed by atoms with Gasteiger partial charge in [-0.25, -0.2) is 0 Å². The number of rotatable bonds is 21. The average molecular weight is 419 g/mol. The third-order valence-corrected chi connectivity index (χ3v) is 5.33. The molecule has 5 heteroatoms. The molecule has 0 bridgehead atoms. The predicted molar refractivity (Wildman–Crippen MR) is 114 cm³/mol. The molecule has 4 nitrogen and oxygen atoms in total. The number of allylic oxidation sites excluding steroid dienone is 2. The molecule has 0 aliphatic carbocycles. The zero-order valence-corrected chi connectivity index (χ0v) is 21.1. The minimum atomic E-state index is -1.27. The summed E-state index contributed by atoms with van der Waals surface area (Å²) >= 11 is 0. The van der Waals surface area contributed by atoms with Gasteiger partial charge >= 0.3 is 35.5 Å². The van der Waals surface area contributed by atoms with Crippen molar-refractivity contribution in [2.45, 2.75) is 122 Å². The smallest absolute Gasteiger partial charge is 0.550 e. The summed E-state index contributed by atoms with van der Waals surface area (Å²) in [5.74, 6) is -3.08. The summed E-state index contributed by atoms with van der Waals surface area (Å²) in [7, 11) is 0. The van der Waals surface area contributed by atoms with Crippen LogP contribution >= 0.6 is 0 Å². The molecule has 1 unspecified atom stereocenters. The van der Waals surface area contributed by atoms with Crippen molar-refractivity contribution in [3.8, 4) is 0 Å². The molecule has 0 aromatic rings. The number of aliphatic carboxylic acids is 2. The van der Waals surface area contributed by atoms with E-state index in [1.165, 1.54) is 83.5 Å². The number of hydrogen-bond acceptors (Lipinski definition) is 3. The Balaban J connectivity index is 0. The maximum Gasteiger partial charge on any atom is 1.00 e. The van der Waals surface area contributed by atoms with Crippen LogP contribution in [-0.4, -0.2) is 17.0 Å². The van der Waals surface area contributed by atoms with Crippen molar-refractivity contribution < 1.29 is 49.4 Å². The van der Waals surface area contributed by atoms with E-state index in [0.717, 1.165) is 19.3 Å². The van der Waals surface area contributed by atoms with Gasteiger partial charge in [0, 0.05) is 12.4 Å². The molecule has 1 N–H and O–H groups in total. The van der Waals surface area contributed by atoms with E-state index in [-0.39, 0.29) is 36.0 Å². The molecule has 0 aliphatic rings. The van der Waals surface area contributed by atoms with Crippen molar-refractivity contribution in [2.24, 2.45) is 5.92 Å². The van der Waals surface area contributed by atoms with Gasteiger partial charge in [-0.15, -0.1) is 0 Å². The maximum absolute atomic E-state index is 11.0. The molecule has 0 saturated carbocycles. The van der Waals surface area contributed by atoms with Crippen LogP contribution in [0.1, 0.15) is 122 Å². The molecular formula is C24H43NaO4. The van der Waals surface area contributed by atoms with Crippen molar-refractivity contribution in [1.82, 2.24) is 0 Å². The topological polar surface area (TPSA) is 77.4 Å².